The first kappa shape index (κ1) is 14.8. The molecule has 0 fully saturated rings. The highest BCUT2D eigenvalue weighted by Gasteiger charge is 2.13. The van der Waals surface area contributed by atoms with Gasteiger partial charge in [0, 0.05) is 13.6 Å². The molecule has 2 N–H and O–H groups in total. The zero-order chi connectivity index (χ0) is 13.7. The van der Waals surface area contributed by atoms with Crippen molar-refractivity contribution in [2.45, 2.75) is 20.0 Å². The Morgan fingerprint density at radius 1 is 1.56 bits per heavy atom. The molecule has 4 nitrogen and oxygen atoms in total. The van der Waals surface area contributed by atoms with Gasteiger partial charge in [-0.05, 0) is 31.5 Å². The molecule has 0 aromatic heterocycles. The maximum absolute atomic E-state index is 11.4. The van der Waals surface area contributed by atoms with Gasteiger partial charge < -0.3 is 15.3 Å². The second kappa shape index (κ2) is 6.61. The second-order valence-electron chi connectivity index (χ2n) is 4.07. The molecule has 1 aromatic carbocycles. The maximum Gasteiger partial charge on any atom is 0.239 e. The Balaban J connectivity index is 2.96. The van der Waals surface area contributed by atoms with Gasteiger partial charge in [-0.3, -0.25) is 4.79 Å². The number of amides is 1. The van der Waals surface area contributed by atoms with Crippen LogP contribution in [0.5, 0.6) is 0 Å². The highest BCUT2D eigenvalue weighted by molar-refractivity contribution is 6.33. The Labute approximate surface area is 113 Å². The largest absolute Gasteiger partial charge is 0.389 e. The molecule has 0 saturated carbocycles. The van der Waals surface area contributed by atoms with Crippen molar-refractivity contribution in [2.75, 3.05) is 25.0 Å². The number of nitrogens with zero attached hydrogens (tertiary/aromatic N) is 1. The smallest absolute Gasteiger partial charge is 0.239 e. The van der Waals surface area contributed by atoms with E-state index in [1.165, 1.54) is 0 Å². The van der Waals surface area contributed by atoms with E-state index in [0.717, 1.165) is 11.3 Å². The van der Waals surface area contributed by atoms with Crippen LogP contribution < -0.4 is 10.2 Å². The van der Waals surface area contributed by atoms with E-state index in [0.29, 0.717) is 11.6 Å². The lowest BCUT2D eigenvalue weighted by Gasteiger charge is -2.23. The highest BCUT2D eigenvalue weighted by atomic mass is 35.5. The first-order chi connectivity index (χ1) is 8.49. The molecular formula is C13H19ClN2O2. The number of hydrogen-bond donors (Lipinski definition) is 2. The van der Waals surface area contributed by atoms with Crippen LogP contribution in [0.3, 0.4) is 0 Å². The molecular weight excluding hydrogens is 252 g/mol. The minimum absolute atomic E-state index is 0.0625. The normalized spacial score (nSPS) is 12.1. The molecule has 0 unspecified atom stereocenters. The van der Waals surface area contributed by atoms with E-state index in [4.69, 9.17) is 11.6 Å². The van der Waals surface area contributed by atoms with Gasteiger partial charge in [0.05, 0.1) is 23.4 Å². The van der Waals surface area contributed by atoms with Crippen LogP contribution in [0, 0.1) is 0 Å². The van der Waals surface area contributed by atoms with E-state index in [9.17, 15) is 9.90 Å². The number of aliphatic hydroxyl groups excluding tert-OH is 1. The van der Waals surface area contributed by atoms with Crippen molar-refractivity contribution >= 4 is 23.2 Å². The Bertz CT molecular complexity index is 421. The van der Waals surface area contributed by atoms with Gasteiger partial charge in [-0.1, -0.05) is 17.7 Å². The lowest BCUT2D eigenvalue weighted by molar-refractivity contribution is -0.119. The summed E-state index contributed by atoms with van der Waals surface area (Å²) in [7, 11) is 1.61. The summed E-state index contributed by atoms with van der Waals surface area (Å²) in [6.45, 7) is 4.59. The van der Waals surface area contributed by atoms with Gasteiger partial charge in [-0.2, -0.15) is 0 Å². The number of rotatable bonds is 5. The average molecular weight is 271 g/mol. The highest BCUT2D eigenvalue weighted by Crippen LogP contribution is 2.28. The fourth-order valence-corrected chi connectivity index (χ4v) is 1.97. The Morgan fingerprint density at radius 3 is 2.67 bits per heavy atom. The number of aliphatic hydroxyl groups is 1. The molecule has 1 amide bonds. The Hall–Kier alpha value is -1.26. The van der Waals surface area contributed by atoms with Crippen molar-refractivity contribution in [2.24, 2.45) is 0 Å². The first-order valence-electron chi connectivity index (χ1n) is 5.92. The van der Waals surface area contributed by atoms with E-state index < -0.39 is 6.10 Å². The molecule has 1 atom stereocenters. The van der Waals surface area contributed by atoms with Crippen LogP contribution in [0.1, 0.15) is 25.5 Å². The summed E-state index contributed by atoms with van der Waals surface area (Å²) in [5.74, 6) is -0.0625. The van der Waals surface area contributed by atoms with Crippen molar-refractivity contribution in [3.8, 4) is 0 Å². The Morgan fingerprint density at radius 2 is 2.22 bits per heavy atom. The van der Waals surface area contributed by atoms with Crippen LogP contribution in [0.4, 0.5) is 5.69 Å². The number of benzene rings is 1. The quantitative estimate of drug-likeness (QED) is 0.860. The predicted molar refractivity (Wildman–Crippen MR) is 74.0 cm³/mol. The van der Waals surface area contributed by atoms with E-state index in [1.54, 1.807) is 20.0 Å². The van der Waals surface area contributed by atoms with Crippen molar-refractivity contribution in [3.05, 3.63) is 28.8 Å². The zero-order valence-corrected chi connectivity index (χ0v) is 11.7. The molecule has 5 heteroatoms. The summed E-state index contributed by atoms with van der Waals surface area (Å²) in [5, 5.41) is 12.6. The monoisotopic (exact) mass is 270 g/mol. The molecule has 1 rings (SSSR count). The van der Waals surface area contributed by atoms with E-state index >= 15 is 0 Å². The SMILES string of the molecule is CCN(CC(=O)NC)c1ccc([C@H](C)O)cc1Cl. The van der Waals surface area contributed by atoms with E-state index in [-0.39, 0.29) is 12.5 Å². The van der Waals surface area contributed by atoms with E-state index in [2.05, 4.69) is 5.32 Å². The molecule has 18 heavy (non-hydrogen) atoms. The van der Waals surface area contributed by atoms with Gasteiger partial charge in [0.15, 0.2) is 0 Å². The summed E-state index contributed by atoms with van der Waals surface area (Å²) >= 11 is 6.19. The number of hydrogen-bond acceptors (Lipinski definition) is 3. The van der Waals surface area contributed by atoms with Crippen LogP contribution >= 0.6 is 11.6 Å². The molecule has 100 valence electrons. The third-order valence-electron chi connectivity index (χ3n) is 2.79. The Kier molecular flexibility index (Phi) is 5.44. The molecule has 0 heterocycles. The van der Waals surface area contributed by atoms with E-state index in [1.807, 2.05) is 24.0 Å². The van der Waals surface area contributed by atoms with Crippen molar-refractivity contribution in [1.29, 1.82) is 0 Å². The van der Waals surface area contributed by atoms with Crippen LogP contribution in [0.25, 0.3) is 0 Å². The molecule has 0 spiro atoms. The molecule has 0 saturated heterocycles. The standard InChI is InChI=1S/C13H19ClN2O2/c1-4-16(8-13(18)15-3)12-6-5-10(9(2)17)7-11(12)14/h5-7,9,17H,4,8H2,1-3H3,(H,15,18)/t9-/m0/s1. The second-order valence-corrected chi connectivity index (χ2v) is 4.48. The van der Waals surface area contributed by atoms with Crippen molar-refractivity contribution in [3.63, 3.8) is 0 Å². The number of anilines is 1. The van der Waals surface area contributed by atoms with Crippen LogP contribution in [0.15, 0.2) is 18.2 Å². The summed E-state index contributed by atoms with van der Waals surface area (Å²) in [4.78, 5) is 13.3. The molecule has 0 aliphatic heterocycles. The third-order valence-corrected chi connectivity index (χ3v) is 3.09. The van der Waals surface area contributed by atoms with Gasteiger partial charge >= 0.3 is 0 Å². The van der Waals surface area contributed by atoms with Gasteiger partial charge in [0.1, 0.15) is 0 Å². The summed E-state index contributed by atoms with van der Waals surface area (Å²) in [5.41, 5.74) is 1.56. The third kappa shape index (κ3) is 3.62. The first-order valence-corrected chi connectivity index (χ1v) is 6.30. The number of halogens is 1. The molecule has 0 radical (unpaired) electrons. The molecule has 0 aliphatic carbocycles. The maximum atomic E-state index is 11.4. The van der Waals surface area contributed by atoms with Crippen molar-refractivity contribution in [1.82, 2.24) is 5.32 Å². The van der Waals surface area contributed by atoms with Crippen LogP contribution in [0.2, 0.25) is 5.02 Å². The van der Waals surface area contributed by atoms with Gasteiger partial charge in [-0.15, -0.1) is 0 Å². The number of likely N-dealkylation sites (N-methyl/N-ethyl adjacent to an activating group) is 2. The molecule has 0 bridgehead atoms. The predicted octanol–water partition coefficient (Wildman–Crippen LogP) is 1.97. The fourth-order valence-electron chi connectivity index (χ4n) is 1.66. The average Bonchev–Trinajstić information content (AvgIpc) is 2.35. The summed E-state index contributed by atoms with van der Waals surface area (Å²) in [6.07, 6.45) is -0.550. The number of carbonyl (C=O) groups is 1. The zero-order valence-electron chi connectivity index (χ0n) is 10.9. The van der Waals surface area contributed by atoms with Gasteiger partial charge in [0.25, 0.3) is 0 Å². The van der Waals surface area contributed by atoms with Gasteiger partial charge in [0.2, 0.25) is 5.91 Å². The summed E-state index contributed by atoms with van der Waals surface area (Å²) < 4.78 is 0. The minimum atomic E-state index is -0.550. The molecule has 0 aliphatic rings. The topological polar surface area (TPSA) is 52.6 Å². The van der Waals surface area contributed by atoms with Crippen LogP contribution in [-0.4, -0.2) is 31.2 Å². The fraction of sp³-hybridized carbons (Fsp3) is 0.462. The number of nitrogens with one attached hydrogen (secondary N) is 1. The van der Waals surface area contributed by atoms with Crippen molar-refractivity contribution < 1.29 is 9.90 Å². The minimum Gasteiger partial charge on any atom is -0.389 e. The number of carbonyl (C=O) groups excluding carboxylic acids is 1. The summed E-state index contributed by atoms with van der Waals surface area (Å²) in [6, 6.07) is 5.38. The van der Waals surface area contributed by atoms with Gasteiger partial charge in [-0.25, -0.2) is 0 Å². The lowest BCUT2D eigenvalue weighted by Crippen LogP contribution is -2.35. The molecule has 1 aromatic rings. The van der Waals surface area contributed by atoms with Crippen LogP contribution in [-0.2, 0) is 4.79 Å². The lowest BCUT2D eigenvalue weighted by atomic mass is 10.1.